The summed E-state index contributed by atoms with van der Waals surface area (Å²) in [5.74, 6) is 0.261. The molecule has 0 saturated carbocycles. The number of ether oxygens (including phenoxy) is 1. The van der Waals surface area contributed by atoms with Crippen molar-refractivity contribution < 1.29 is 13.9 Å². The molecule has 1 aliphatic rings. The molecule has 1 atom stereocenters. The molecule has 6 heteroatoms. The summed E-state index contributed by atoms with van der Waals surface area (Å²) in [6.07, 6.45) is 2.39. The van der Waals surface area contributed by atoms with Gasteiger partial charge in [0, 0.05) is 30.2 Å². The number of hydrogen-bond acceptors (Lipinski definition) is 3. The molecule has 2 aromatic rings. The van der Waals surface area contributed by atoms with E-state index in [4.69, 9.17) is 16.3 Å². The van der Waals surface area contributed by atoms with Crippen molar-refractivity contribution in [3.05, 3.63) is 59.1 Å². The number of hydrogen-bond donors (Lipinski definition) is 0. The minimum atomic E-state index is -0.490. The summed E-state index contributed by atoms with van der Waals surface area (Å²) in [4.78, 5) is 17.7. The molecule has 0 radical (unpaired) electrons. The Morgan fingerprint density at radius 3 is 2.78 bits per heavy atom. The molecular weight excluding hydrogens is 319 g/mol. The van der Waals surface area contributed by atoms with Crippen LogP contribution in [0.2, 0.25) is 5.02 Å². The first-order chi connectivity index (χ1) is 11.1. The van der Waals surface area contributed by atoms with Gasteiger partial charge in [0.15, 0.2) is 6.61 Å². The first-order valence-corrected chi connectivity index (χ1v) is 7.77. The van der Waals surface area contributed by atoms with Gasteiger partial charge < -0.3 is 9.64 Å². The van der Waals surface area contributed by atoms with Gasteiger partial charge in [-0.3, -0.25) is 4.79 Å². The molecule has 1 fully saturated rings. The number of amides is 1. The summed E-state index contributed by atoms with van der Waals surface area (Å²) in [6, 6.07) is 9.97. The highest BCUT2D eigenvalue weighted by atomic mass is 35.5. The van der Waals surface area contributed by atoms with Crippen LogP contribution >= 0.6 is 11.6 Å². The summed E-state index contributed by atoms with van der Waals surface area (Å²) in [5, 5.41) is 0.624. The molecule has 0 bridgehead atoms. The lowest BCUT2D eigenvalue weighted by Crippen LogP contribution is -2.32. The number of carbonyl (C=O) groups excluding carboxylic acids is 1. The minimum Gasteiger partial charge on any atom is -0.484 e. The molecular formula is C17H16ClFN2O2. The lowest BCUT2D eigenvalue weighted by Gasteiger charge is -2.17. The SMILES string of the molecule is O=C(COc1ccc(Cl)cc1)N1CCC(c2ccc(F)nc2)C1. The molecule has 2 heterocycles. The van der Waals surface area contributed by atoms with Gasteiger partial charge in [0.1, 0.15) is 5.75 Å². The van der Waals surface area contributed by atoms with Crippen LogP contribution in [0.1, 0.15) is 17.9 Å². The van der Waals surface area contributed by atoms with E-state index in [0.29, 0.717) is 23.9 Å². The monoisotopic (exact) mass is 334 g/mol. The second-order valence-corrected chi connectivity index (χ2v) is 5.92. The second kappa shape index (κ2) is 6.96. The lowest BCUT2D eigenvalue weighted by atomic mass is 10.0. The predicted molar refractivity (Wildman–Crippen MR) is 85.1 cm³/mol. The number of carbonyl (C=O) groups is 1. The maximum Gasteiger partial charge on any atom is 0.260 e. The Labute approximate surface area is 138 Å². The number of likely N-dealkylation sites (tertiary alicyclic amines) is 1. The van der Waals surface area contributed by atoms with Crippen LogP contribution in [0.25, 0.3) is 0 Å². The Hall–Kier alpha value is -2.14. The molecule has 1 aromatic carbocycles. The van der Waals surface area contributed by atoms with Crippen molar-refractivity contribution in [3.63, 3.8) is 0 Å². The molecule has 1 aliphatic heterocycles. The second-order valence-electron chi connectivity index (χ2n) is 5.48. The summed E-state index contributed by atoms with van der Waals surface area (Å²) in [7, 11) is 0. The number of pyridine rings is 1. The summed E-state index contributed by atoms with van der Waals surface area (Å²) >= 11 is 5.80. The van der Waals surface area contributed by atoms with E-state index < -0.39 is 5.95 Å². The average molecular weight is 335 g/mol. The number of nitrogens with zero attached hydrogens (tertiary/aromatic N) is 2. The largest absolute Gasteiger partial charge is 0.484 e. The standard InChI is InChI=1S/C17H16ClFN2O2/c18-14-2-4-15(5-3-14)23-11-17(22)21-8-7-13(10-21)12-1-6-16(19)20-9-12/h1-6,9,13H,7-8,10-11H2. The third-order valence-corrected chi connectivity index (χ3v) is 4.19. The lowest BCUT2D eigenvalue weighted by molar-refractivity contribution is -0.132. The van der Waals surface area contributed by atoms with E-state index in [1.807, 2.05) is 0 Å². The van der Waals surface area contributed by atoms with Crippen LogP contribution < -0.4 is 4.74 Å². The number of aromatic nitrogens is 1. The van der Waals surface area contributed by atoms with Crippen LogP contribution in [0.5, 0.6) is 5.75 Å². The summed E-state index contributed by atoms with van der Waals surface area (Å²) in [6.45, 7) is 1.27. The van der Waals surface area contributed by atoms with Crippen molar-refractivity contribution in [2.45, 2.75) is 12.3 Å². The van der Waals surface area contributed by atoms with Gasteiger partial charge in [-0.2, -0.15) is 4.39 Å². The van der Waals surface area contributed by atoms with Crippen LogP contribution in [-0.2, 0) is 4.79 Å². The highest BCUT2D eigenvalue weighted by Crippen LogP contribution is 2.26. The summed E-state index contributed by atoms with van der Waals surface area (Å²) in [5.41, 5.74) is 0.959. The number of rotatable bonds is 4. The van der Waals surface area contributed by atoms with Crippen LogP contribution in [0.3, 0.4) is 0 Å². The van der Waals surface area contributed by atoms with E-state index >= 15 is 0 Å². The zero-order chi connectivity index (χ0) is 16.2. The van der Waals surface area contributed by atoms with Gasteiger partial charge in [-0.25, -0.2) is 4.98 Å². The van der Waals surface area contributed by atoms with Gasteiger partial charge in [-0.15, -0.1) is 0 Å². The molecule has 23 heavy (non-hydrogen) atoms. The van der Waals surface area contributed by atoms with Gasteiger partial charge in [-0.1, -0.05) is 17.7 Å². The van der Waals surface area contributed by atoms with Gasteiger partial charge in [-0.05, 0) is 42.3 Å². The van der Waals surface area contributed by atoms with E-state index in [9.17, 15) is 9.18 Å². The molecule has 1 amide bonds. The smallest absolute Gasteiger partial charge is 0.260 e. The van der Waals surface area contributed by atoms with Crippen molar-refractivity contribution in [1.29, 1.82) is 0 Å². The molecule has 1 aromatic heterocycles. The van der Waals surface area contributed by atoms with Crippen LogP contribution in [0.4, 0.5) is 4.39 Å². The molecule has 3 rings (SSSR count). The van der Waals surface area contributed by atoms with Crippen molar-refractivity contribution in [2.75, 3.05) is 19.7 Å². The average Bonchev–Trinajstić information content (AvgIpc) is 3.05. The normalized spacial score (nSPS) is 17.3. The fraction of sp³-hybridized carbons (Fsp3) is 0.294. The van der Waals surface area contributed by atoms with Gasteiger partial charge in [0.2, 0.25) is 5.95 Å². The van der Waals surface area contributed by atoms with E-state index in [2.05, 4.69) is 4.98 Å². The molecule has 120 valence electrons. The highest BCUT2D eigenvalue weighted by molar-refractivity contribution is 6.30. The third-order valence-electron chi connectivity index (χ3n) is 3.94. The fourth-order valence-corrected chi connectivity index (χ4v) is 2.78. The quantitative estimate of drug-likeness (QED) is 0.806. The van der Waals surface area contributed by atoms with Crippen LogP contribution in [0, 0.1) is 5.95 Å². The zero-order valence-corrected chi connectivity index (χ0v) is 13.2. The topological polar surface area (TPSA) is 42.4 Å². The highest BCUT2D eigenvalue weighted by Gasteiger charge is 2.27. The number of halogens is 2. The zero-order valence-electron chi connectivity index (χ0n) is 12.4. The van der Waals surface area contributed by atoms with E-state index in [-0.39, 0.29) is 18.4 Å². The Balaban J connectivity index is 1.53. The minimum absolute atomic E-state index is 0.00395. The van der Waals surface area contributed by atoms with E-state index in [1.54, 1.807) is 35.2 Å². The predicted octanol–water partition coefficient (Wildman–Crippen LogP) is 3.27. The molecule has 1 unspecified atom stereocenters. The van der Waals surface area contributed by atoms with Gasteiger partial charge >= 0.3 is 0 Å². The molecule has 0 N–H and O–H groups in total. The van der Waals surface area contributed by atoms with Crippen molar-refractivity contribution in [2.24, 2.45) is 0 Å². The molecule has 1 saturated heterocycles. The Bertz CT molecular complexity index is 676. The van der Waals surface area contributed by atoms with Crippen molar-refractivity contribution in [1.82, 2.24) is 9.88 Å². The fourth-order valence-electron chi connectivity index (χ4n) is 2.65. The maximum absolute atomic E-state index is 12.9. The van der Waals surface area contributed by atoms with E-state index in [1.165, 1.54) is 12.3 Å². The van der Waals surface area contributed by atoms with Crippen LogP contribution in [0.15, 0.2) is 42.6 Å². The Morgan fingerprint density at radius 1 is 1.30 bits per heavy atom. The summed E-state index contributed by atoms with van der Waals surface area (Å²) < 4.78 is 18.3. The molecule has 0 spiro atoms. The van der Waals surface area contributed by atoms with Gasteiger partial charge in [0.25, 0.3) is 5.91 Å². The maximum atomic E-state index is 12.9. The molecule has 4 nitrogen and oxygen atoms in total. The Morgan fingerprint density at radius 2 is 2.09 bits per heavy atom. The van der Waals surface area contributed by atoms with Crippen LogP contribution in [-0.4, -0.2) is 35.5 Å². The number of benzene rings is 1. The first kappa shape index (κ1) is 15.7. The first-order valence-electron chi connectivity index (χ1n) is 7.39. The van der Waals surface area contributed by atoms with Crippen molar-refractivity contribution in [3.8, 4) is 5.75 Å². The molecule has 0 aliphatic carbocycles. The Kier molecular flexibility index (Phi) is 4.76. The van der Waals surface area contributed by atoms with E-state index in [0.717, 1.165) is 12.0 Å². The van der Waals surface area contributed by atoms with Gasteiger partial charge in [0.05, 0.1) is 0 Å². The van der Waals surface area contributed by atoms with Crippen molar-refractivity contribution >= 4 is 17.5 Å². The third kappa shape index (κ3) is 3.99.